The molecule has 2 heterocycles. The third kappa shape index (κ3) is 2.63. The Hall–Kier alpha value is -2.01. The Balaban J connectivity index is 1.96. The molecule has 1 aliphatic rings. The summed E-state index contributed by atoms with van der Waals surface area (Å²) in [6, 6.07) is 6.51. The lowest BCUT2D eigenvalue weighted by Gasteiger charge is -2.33. The van der Waals surface area contributed by atoms with Crippen LogP contribution in [0.3, 0.4) is 0 Å². The van der Waals surface area contributed by atoms with E-state index in [-0.39, 0.29) is 5.82 Å². The first kappa shape index (κ1) is 13.0. The number of hydrogen-bond acceptors (Lipinski definition) is 4. The second-order valence-corrected chi connectivity index (χ2v) is 5.03. The first-order chi connectivity index (χ1) is 9.74. The topological polar surface area (TPSA) is 32.3 Å². The zero-order chi connectivity index (χ0) is 13.9. The van der Waals surface area contributed by atoms with Crippen molar-refractivity contribution in [1.29, 1.82) is 0 Å². The molecule has 2 aromatic rings. The van der Waals surface area contributed by atoms with E-state index in [0.717, 1.165) is 43.3 Å². The highest BCUT2D eigenvalue weighted by molar-refractivity contribution is 5.72. The number of halogens is 1. The van der Waals surface area contributed by atoms with Crippen molar-refractivity contribution in [3.8, 4) is 11.3 Å². The van der Waals surface area contributed by atoms with Gasteiger partial charge < -0.3 is 9.80 Å². The van der Waals surface area contributed by atoms with Crippen LogP contribution in [0.4, 0.5) is 10.2 Å². The molecule has 0 spiro atoms. The van der Waals surface area contributed by atoms with Crippen LogP contribution in [0.2, 0.25) is 0 Å². The van der Waals surface area contributed by atoms with Gasteiger partial charge in [-0.1, -0.05) is 12.1 Å². The van der Waals surface area contributed by atoms with E-state index < -0.39 is 0 Å². The molecule has 0 N–H and O–H groups in total. The number of anilines is 1. The lowest BCUT2D eigenvalue weighted by Crippen LogP contribution is -2.45. The summed E-state index contributed by atoms with van der Waals surface area (Å²) in [5, 5.41) is 0. The van der Waals surface area contributed by atoms with Crippen molar-refractivity contribution in [3.63, 3.8) is 0 Å². The SMILES string of the molecule is CN1CCN(c2nccnc2-c2cccc(F)c2)CC1. The normalized spacial score (nSPS) is 16.4. The van der Waals surface area contributed by atoms with Crippen LogP contribution >= 0.6 is 0 Å². The Kier molecular flexibility index (Phi) is 3.60. The molecule has 0 atom stereocenters. The van der Waals surface area contributed by atoms with Crippen molar-refractivity contribution >= 4 is 5.82 Å². The molecule has 1 aromatic carbocycles. The minimum absolute atomic E-state index is 0.252. The van der Waals surface area contributed by atoms with Gasteiger partial charge in [0.25, 0.3) is 0 Å². The Morgan fingerprint density at radius 3 is 2.55 bits per heavy atom. The van der Waals surface area contributed by atoms with E-state index in [4.69, 9.17) is 0 Å². The number of hydrogen-bond donors (Lipinski definition) is 0. The quantitative estimate of drug-likeness (QED) is 0.837. The lowest BCUT2D eigenvalue weighted by atomic mass is 10.1. The van der Waals surface area contributed by atoms with Crippen LogP contribution in [0.25, 0.3) is 11.3 Å². The van der Waals surface area contributed by atoms with Gasteiger partial charge in [0.1, 0.15) is 11.5 Å². The molecule has 0 unspecified atom stereocenters. The van der Waals surface area contributed by atoms with Gasteiger partial charge in [0.15, 0.2) is 5.82 Å². The maximum absolute atomic E-state index is 13.4. The van der Waals surface area contributed by atoms with Gasteiger partial charge in [-0.2, -0.15) is 0 Å². The predicted molar refractivity (Wildman–Crippen MR) is 77.1 cm³/mol. The molecule has 0 bridgehead atoms. The molecule has 1 aliphatic heterocycles. The molecule has 5 heteroatoms. The van der Waals surface area contributed by atoms with E-state index in [1.165, 1.54) is 12.1 Å². The number of likely N-dealkylation sites (N-methyl/N-ethyl adjacent to an activating group) is 1. The number of rotatable bonds is 2. The Morgan fingerprint density at radius 1 is 1.05 bits per heavy atom. The second-order valence-electron chi connectivity index (χ2n) is 5.03. The summed E-state index contributed by atoms with van der Waals surface area (Å²) in [4.78, 5) is 13.4. The van der Waals surface area contributed by atoms with Crippen molar-refractivity contribution in [2.24, 2.45) is 0 Å². The molecule has 0 saturated carbocycles. The van der Waals surface area contributed by atoms with Gasteiger partial charge in [-0.3, -0.25) is 4.98 Å². The average molecular weight is 272 g/mol. The summed E-state index contributed by atoms with van der Waals surface area (Å²) in [7, 11) is 2.11. The Morgan fingerprint density at radius 2 is 1.80 bits per heavy atom. The van der Waals surface area contributed by atoms with Crippen LogP contribution in [0.5, 0.6) is 0 Å². The van der Waals surface area contributed by atoms with E-state index in [1.54, 1.807) is 18.5 Å². The zero-order valence-electron chi connectivity index (χ0n) is 11.5. The first-order valence-electron chi connectivity index (χ1n) is 6.74. The third-order valence-corrected chi connectivity index (χ3v) is 3.58. The molecule has 0 aliphatic carbocycles. The molecule has 1 saturated heterocycles. The van der Waals surface area contributed by atoms with E-state index in [9.17, 15) is 4.39 Å². The summed E-state index contributed by atoms with van der Waals surface area (Å²) in [5.74, 6) is 0.587. The maximum atomic E-state index is 13.4. The summed E-state index contributed by atoms with van der Waals surface area (Å²) in [6.07, 6.45) is 3.34. The van der Waals surface area contributed by atoms with E-state index >= 15 is 0 Å². The number of piperazine rings is 1. The van der Waals surface area contributed by atoms with Gasteiger partial charge in [0.05, 0.1) is 0 Å². The van der Waals surface area contributed by atoms with Gasteiger partial charge in [-0.05, 0) is 19.2 Å². The monoisotopic (exact) mass is 272 g/mol. The molecule has 0 radical (unpaired) electrons. The van der Waals surface area contributed by atoms with Crippen LogP contribution in [-0.2, 0) is 0 Å². The average Bonchev–Trinajstić information content (AvgIpc) is 2.48. The van der Waals surface area contributed by atoms with Gasteiger partial charge in [0.2, 0.25) is 0 Å². The Labute approximate surface area is 117 Å². The number of aromatic nitrogens is 2. The van der Waals surface area contributed by atoms with Gasteiger partial charge >= 0.3 is 0 Å². The van der Waals surface area contributed by atoms with Crippen LogP contribution in [0, 0.1) is 5.82 Å². The zero-order valence-corrected chi connectivity index (χ0v) is 11.5. The van der Waals surface area contributed by atoms with Crippen LogP contribution in [0.15, 0.2) is 36.7 Å². The van der Waals surface area contributed by atoms with Gasteiger partial charge in [-0.25, -0.2) is 9.37 Å². The predicted octanol–water partition coefficient (Wildman–Crippen LogP) is 2.03. The highest BCUT2D eigenvalue weighted by atomic mass is 19.1. The number of nitrogens with zero attached hydrogens (tertiary/aromatic N) is 4. The largest absolute Gasteiger partial charge is 0.352 e. The molecule has 0 amide bonds. The summed E-state index contributed by atoms with van der Waals surface area (Å²) in [5.41, 5.74) is 1.52. The standard InChI is InChI=1S/C15H17FN4/c1-19-7-9-20(10-8-19)15-14(17-5-6-18-15)12-3-2-4-13(16)11-12/h2-6,11H,7-10H2,1H3. The van der Waals surface area contributed by atoms with E-state index in [1.807, 2.05) is 6.07 Å². The fraction of sp³-hybridized carbons (Fsp3) is 0.333. The van der Waals surface area contributed by atoms with Crippen LogP contribution < -0.4 is 4.90 Å². The van der Waals surface area contributed by atoms with Crippen molar-refractivity contribution in [3.05, 3.63) is 42.5 Å². The maximum Gasteiger partial charge on any atom is 0.155 e. The molecule has 4 nitrogen and oxygen atoms in total. The molecule has 20 heavy (non-hydrogen) atoms. The highest BCUT2D eigenvalue weighted by Gasteiger charge is 2.19. The van der Waals surface area contributed by atoms with Gasteiger partial charge in [0, 0.05) is 44.1 Å². The molecule has 104 valence electrons. The van der Waals surface area contributed by atoms with Crippen molar-refractivity contribution in [1.82, 2.24) is 14.9 Å². The third-order valence-electron chi connectivity index (χ3n) is 3.58. The summed E-state index contributed by atoms with van der Waals surface area (Å²) in [6.45, 7) is 3.83. The van der Waals surface area contributed by atoms with Crippen molar-refractivity contribution < 1.29 is 4.39 Å². The minimum Gasteiger partial charge on any atom is -0.352 e. The molecule has 1 aromatic heterocycles. The smallest absolute Gasteiger partial charge is 0.155 e. The molecular formula is C15H17FN4. The summed E-state index contributed by atoms with van der Waals surface area (Å²) >= 11 is 0. The lowest BCUT2D eigenvalue weighted by molar-refractivity contribution is 0.312. The second kappa shape index (κ2) is 5.54. The molecular weight excluding hydrogens is 255 g/mol. The fourth-order valence-corrected chi connectivity index (χ4v) is 2.42. The van der Waals surface area contributed by atoms with E-state index in [2.05, 4.69) is 26.8 Å². The van der Waals surface area contributed by atoms with Crippen molar-refractivity contribution in [2.45, 2.75) is 0 Å². The first-order valence-corrected chi connectivity index (χ1v) is 6.74. The highest BCUT2D eigenvalue weighted by Crippen LogP contribution is 2.27. The molecule has 1 fully saturated rings. The fourth-order valence-electron chi connectivity index (χ4n) is 2.42. The number of benzene rings is 1. The Bertz CT molecular complexity index is 594. The van der Waals surface area contributed by atoms with Gasteiger partial charge in [-0.15, -0.1) is 0 Å². The summed E-state index contributed by atoms with van der Waals surface area (Å²) < 4.78 is 13.4. The van der Waals surface area contributed by atoms with Crippen molar-refractivity contribution in [2.75, 3.05) is 38.1 Å². The molecule has 3 rings (SSSR count). The van der Waals surface area contributed by atoms with E-state index in [0.29, 0.717) is 0 Å². The van der Waals surface area contributed by atoms with Crippen LogP contribution in [-0.4, -0.2) is 48.1 Å². The minimum atomic E-state index is -0.252. The van der Waals surface area contributed by atoms with Crippen LogP contribution in [0.1, 0.15) is 0 Å².